The van der Waals surface area contributed by atoms with E-state index in [0.717, 1.165) is 5.01 Å². The molecule has 0 spiro atoms. The average molecular weight is 444 g/mol. The molecule has 2 saturated heterocycles. The number of aliphatic carboxylic acids is 1. The van der Waals surface area contributed by atoms with Crippen LogP contribution in [0.25, 0.3) is 0 Å². The SMILES string of the molecule is CNCC(=O)N(NC(=O)[C@@]1(CCCCC(=O)O)SC[C@@H]2NC(=O)N[C@@H]21)[C@H]([C]=O)CO. The Morgan fingerprint density at radius 2 is 2.10 bits per heavy atom. The molecule has 6 N–H and O–H groups in total. The summed E-state index contributed by atoms with van der Waals surface area (Å²) in [4.78, 5) is 59.5. The molecule has 2 aliphatic rings. The van der Waals surface area contributed by atoms with Crippen molar-refractivity contribution in [3.8, 4) is 0 Å². The minimum atomic E-state index is -1.39. The number of likely N-dealkylation sites (N-methyl/N-ethyl adjacent to an activating group) is 1. The maximum atomic E-state index is 13.3. The van der Waals surface area contributed by atoms with E-state index in [0.29, 0.717) is 18.6 Å². The number of thioether (sulfide) groups is 1. The van der Waals surface area contributed by atoms with Crippen LogP contribution in [0.1, 0.15) is 25.7 Å². The lowest BCUT2D eigenvalue weighted by Gasteiger charge is -2.36. The smallest absolute Gasteiger partial charge is 0.315 e. The summed E-state index contributed by atoms with van der Waals surface area (Å²) in [6, 6.07) is -2.68. The summed E-state index contributed by atoms with van der Waals surface area (Å²) in [5, 5.41) is 27.1. The molecule has 0 saturated carbocycles. The van der Waals surface area contributed by atoms with Crippen LogP contribution in [0.15, 0.2) is 0 Å². The van der Waals surface area contributed by atoms with Gasteiger partial charge in [-0.25, -0.2) is 9.80 Å². The van der Waals surface area contributed by atoms with Crippen LogP contribution >= 0.6 is 11.8 Å². The molecule has 2 rings (SSSR count). The zero-order valence-corrected chi connectivity index (χ0v) is 17.3. The maximum absolute atomic E-state index is 13.3. The monoisotopic (exact) mass is 444 g/mol. The van der Waals surface area contributed by atoms with Gasteiger partial charge in [-0.2, -0.15) is 0 Å². The Balaban J connectivity index is 2.24. The van der Waals surface area contributed by atoms with Crippen molar-refractivity contribution in [1.82, 2.24) is 26.4 Å². The second kappa shape index (κ2) is 10.6. The van der Waals surface area contributed by atoms with Crippen molar-refractivity contribution >= 4 is 41.9 Å². The molecular weight excluding hydrogens is 418 g/mol. The van der Waals surface area contributed by atoms with Crippen LogP contribution < -0.4 is 21.4 Å². The van der Waals surface area contributed by atoms with Crippen LogP contribution in [0.3, 0.4) is 0 Å². The van der Waals surface area contributed by atoms with Gasteiger partial charge in [0.25, 0.3) is 11.8 Å². The third-order valence-corrected chi connectivity index (χ3v) is 6.73. The van der Waals surface area contributed by atoms with Crippen molar-refractivity contribution in [3.63, 3.8) is 0 Å². The molecule has 0 bridgehead atoms. The number of unbranched alkanes of at least 4 members (excludes halogenated alkanes) is 1. The Kier molecular flexibility index (Phi) is 8.43. The van der Waals surface area contributed by atoms with E-state index < -0.39 is 47.3 Å². The van der Waals surface area contributed by atoms with Gasteiger partial charge >= 0.3 is 12.0 Å². The van der Waals surface area contributed by atoms with Crippen LogP contribution in [-0.2, 0) is 19.2 Å². The van der Waals surface area contributed by atoms with Crippen LogP contribution in [0, 0.1) is 0 Å². The third-order valence-electron chi connectivity index (χ3n) is 5.04. The van der Waals surface area contributed by atoms with E-state index >= 15 is 0 Å². The fourth-order valence-corrected chi connectivity index (χ4v) is 5.20. The summed E-state index contributed by atoms with van der Waals surface area (Å²) < 4.78 is -1.18. The number of carboxylic acid groups (broad SMARTS) is 1. The number of nitrogens with zero attached hydrogens (tertiary/aromatic N) is 1. The summed E-state index contributed by atoms with van der Waals surface area (Å²) in [6.07, 6.45) is 2.47. The zero-order chi connectivity index (χ0) is 22.3. The van der Waals surface area contributed by atoms with Crippen molar-refractivity contribution in [1.29, 1.82) is 0 Å². The zero-order valence-electron chi connectivity index (χ0n) is 16.5. The predicted molar refractivity (Wildman–Crippen MR) is 106 cm³/mol. The number of aliphatic hydroxyl groups is 1. The van der Waals surface area contributed by atoms with Gasteiger partial charge in [0.05, 0.1) is 25.2 Å². The number of aliphatic hydroxyl groups excluding tert-OH is 1. The molecule has 30 heavy (non-hydrogen) atoms. The first-order chi connectivity index (χ1) is 14.3. The molecular formula is C17H26N5O7S. The summed E-state index contributed by atoms with van der Waals surface area (Å²) in [7, 11) is 1.51. The summed E-state index contributed by atoms with van der Waals surface area (Å²) >= 11 is 1.29. The summed E-state index contributed by atoms with van der Waals surface area (Å²) in [6.45, 7) is -0.927. The molecule has 4 atom stereocenters. The van der Waals surface area contributed by atoms with E-state index in [9.17, 15) is 29.1 Å². The van der Waals surface area contributed by atoms with Gasteiger partial charge in [0.15, 0.2) is 0 Å². The predicted octanol–water partition coefficient (Wildman–Crippen LogP) is -2.28. The lowest BCUT2D eigenvalue weighted by Crippen LogP contribution is -2.63. The number of carbonyl (C=O) groups excluding carboxylic acids is 4. The van der Waals surface area contributed by atoms with Gasteiger partial charge in [0.2, 0.25) is 6.29 Å². The molecule has 167 valence electrons. The van der Waals surface area contributed by atoms with E-state index in [4.69, 9.17) is 5.11 Å². The molecule has 0 aliphatic carbocycles. The normalized spacial score (nSPS) is 25.6. The standard InChI is InChI=1S/C17H26N5O7S/c1-18-6-12(25)22(10(7-23)8-24)21-15(28)17(5-3-2-4-13(26)27)14-11(9-30-17)19-16(29)20-14/h10-11,14,18,23H,2-7,9H2,1H3,(H,21,28)(H,26,27)(H2,19,20,29)/t10-,11-,14-,17-/m0/s1. The molecule has 0 unspecified atom stereocenters. The van der Waals surface area contributed by atoms with Crippen molar-refractivity contribution in [2.24, 2.45) is 0 Å². The number of nitrogens with one attached hydrogen (secondary N) is 4. The number of amides is 4. The molecule has 2 aliphatic heterocycles. The number of fused-ring (bicyclic) bond motifs is 1. The molecule has 2 heterocycles. The lowest BCUT2D eigenvalue weighted by molar-refractivity contribution is -0.144. The lowest BCUT2D eigenvalue weighted by atomic mass is 9.88. The fraction of sp³-hybridized carbons (Fsp3) is 0.706. The van der Waals surface area contributed by atoms with E-state index in [1.807, 2.05) is 0 Å². The third kappa shape index (κ3) is 5.21. The van der Waals surface area contributed by atoms with E-state index in [2.05, 4.69) is 21.4 Å². The second-order valence-corrected chi connectivity index (χ2v) is 8.41. The molecule has 1 radical (unpaired) electrons. The first kappa shape index (κ1) is 23.9. The molecule has 0 aromatic heterocycles. The largest absolute Gasteiger partial charge is 0.481 e. The topological polar surface area (TPSA) is 177 Å². The maximum Gasteiger partial charge on any atom is 0.315 e. The van der Waals surface area contributed by atoms with Gasteiger partial charge in [0.1, 0.15) is 10.8 Å². The number of carbonyl (C=O) groups is 4. The second-order valence-electron chi connectivity index (χ2n) is 7.05. The number of hydrazine groups is 1. The Bertz CT molecular complexity index is 693. The Morgan fingerprint density at radius 1 is 1.37 bits per heavy atom. The minimum absolute atomic E-state index is 0.0550. The van der Waals surface area contributed by atoms with E-state index in [1.54, 1.807) is 0 Å². The number of hydrogen-bond donors (Lipinski definition) is 6. The van der Waals surface area contributed by atoms with Crippen molar-refractivity contribution < 1.29 is 34.2 Å². The van der Waals surface area contributed by atoms with Crippen LogP contribution in [-0.4, -0.2) is 94.1 Å². The van der Waals surface area contributed by atoms with Gasteiger partial charge in [0, 0.05) is 12.2 Å². The number of rotatable bonds is 11. The highest BCUT2D eigenvalue weighted by Crippen LogP contribution is 2.44. The highest BCUT2D eigenvalue weighted by atomic mass is 32.2. The number of urea groups is 1. The van der Waals surface area contributed by atoms with Crippen LogP contribution in [0.2, 0.25) is 0 Å². The first-order valence-electron chi connectivity index (χ1n) is 9.48. The molecule has 13 heteroatoms. The van der Waals surface area contributed by atoms with Crippen LogP contribution in [0.5, 0.6) is 0 Å². The summed E-state index contributed by atoms with van der Waals surface area (Å²) in [5.41, 5.74) is 2.43. The molecule has 0 aromatic carbocycles. The average Bonchev–Trinajstić information content (AvgIpc) is 3.23. The van der Waals surface area contributed by atoms with Gasteiger partial charge in [-0.3, -0.25) is 24.6 Å². The highest BCUT2D eigenvalue weighted by Gasteiger charge is 2.58. The summed E-state index contributed by atoms with van der Waals surface area (Å²) in [5.74, 6) is -1.76. The highest BCUT2D eigenvalue weighted by molar-refractivity contribution is 8.01. The van der Waals surface area contributed by atoms with Crippen molar-refractivity contribution in [3.05, 3.63) is 0 Å². The molecule has 0 aromatic rings. The minimum Gasteiger partial charge on any atom is -0.481 e. The fourth-order valence-electron chi connectivity index (χ4n) is 3.58. The molecule has 4 amide bonds. The first-order valence-corrected chi connectivity index (χ1v) is 10.5. The van der Waals surface area contributed by atoms with Gasteiger partial charge < -0.3 is 26.2 Å². The molecule has 12 nitrogen and oxygen atoms in total. The van der Waals surface area contributed by atoms with Gasteiger partial charge in [-0.15, -0.1) is 11.8 Å². The van der Waals surface area contributed by atoms with E-state index in [-0.39, 0.29) is 25.4 Å². The Labute approximate surface area is 177 Å². The Morgan fingerprint density at radius 3 is 2.70 bits per heavy atom. The van der Waals surface area contributed by atoms with Crippen molar-refractivity contribution in [2.45, 2.75) is 48.6 Å². The Hall–Kier alpha value is -2.38. The van der Waals surface area contributed by atoms with Gasteiger partial charge in [-0.05, 0) is 19.9 Å². The number of hydrogen-bond acceptors (Lipinski definition) is 8. The van der Waals surface area contributed by atoms with E-state index in [1.165, 1.54) is 25.1 Å². The van der Waals surface area contributed by atoms with Crippen LogP contribution in [0.4, 0.5) is 4.79 Å². The quantitative estimate of drug-likeness (QED) is 0.116. The molecule has 2 fully saturated rings. The number of carboxylic acids is 1. The van der Waals surface area contributed by atoms with Gasteiger partial charge in [-0.1, -0.05) is 6.42 Å². The van der Waals surface area contributed by atoms with Crippen molar-refractivity contribution in [2.75, 3.05) is 26.0 Å².